The summed E-state index contributed by atoms with van der Waals surface area (Å²) in [4.78, 5) is 7.81. The summed E-state index contributed by atoms with van der Waals surface area (Å²) >= 11 is 0. The Hall–Kier alpha value is -2.65. The average molecular weight is 337 g/mol. The number of pyridine rings is 2. The SMILES string of the molecule is CN1C(c2ccc(C(F)(F)F)cn2)=CC(Nc2cccnc2)N1O. The van der Waals surface area contributed by atoms with E-state index in [1.54, 1.807) is 37.7 Å². The molecule has 6 nitrogen and oxygen atoms in total. The van der Waals surface area contributed by atoms with Crippen molar-refractivity contribution in [1.82, 2.24) is 20.1 Å². The molecule has 2 N–H and O–H groups in total. The van der Waals surface area contributed by atoms with E-state index in [1.807, 2.05) is 0 Å². The van der Waals surface area contributed by atoms with E-state index in [2.05, 4.69) is 15.3 Å². The summed E-state index contributed by atoms with van der Waals surface area (Å²) in [6.07, 6.45) is 0.607. The van der Waals surface area contributed by atoms with Gasteiger partial charge in [-0.05, 0) is 30.3 Å². The lowest BCUT2D eigenvalue weighted by molar-refractivity contribution is -0.211. The van der Waals surface area contributed by atoms with E-state index < -0.39 is 17.9 Å². The molecule has 3 rings (SSSR count). The van der Waals surface area contributed by atoms with E-state index in [1.165, 1.54) is 11.1 Å². The molecule has 3 heterocycles. The molecule has 1 unspecified atom stereocenters. The van der Waals surface area contributed by atoms with Gasteiger partial charge >= 0.3 is 6.18 Å². The fourth-order valence-corrected chi connectivity index (χ4v) is 2.30. The van der Waals surface area contributed by atoms with E-state index in [0.717, 1.165) is 17.4 Å². The van der Waals surface area contributed by atoms with Crippen LogP contribution in [0, 0.1) is 0 Å². The molecule has 24 heavy (non-hydrogen) atoms. The zero-order valence-electron chi connectivity index (χ0n) is 12.6. The number of hydrogen-bond donors (Lipinski definition) is 2. The highest BCUT2D eigenvalue weighted by molar-refractivity contribution is 5.64. The number of nitrogens with zero attached hydrogens (tertiary/aromatic N) is 4. The number of nitrogens with one attached hydrogen (secondary N) is 1. The molecule has 9 heteroatoms. The maximum Gasteiger partial charge on any atom is 0.417 e. The molecule has 1 aliphatic heterocycles. The van der Waals surface area contributed by atoms with E-state index in [0.29, 0.717) is 17.1 Å². The van der Waals surface area contributed by atoms with Crippen molar-refractivity contribution in [1.29, 1.82) is 0 Å². The molecule has 0 bridgehead atoms. The molecule has 2 aromatic heterocycles. The van der Waals surface area contributed by atoms with Crippen LogP contribution in [0.15, 0.2) is 48.9 Å². The molecule has 0 spiro atoms. The second-order valence-electron chi connectivity index (χ2n) is 5.16. The molecule has 0 saturated heterocycles. The fraction of sp³-hybridized carbons (Fsp3) is 0.200. The molecule has 2 aromatic rings. The minimum absolute atomic E-state index is 0.319. The van der Waals surface area contributed by atoms with Gasteiger partial charge in [-0.3, -0.25) is 20.2 Å². The Kier molecular flexibility index (Phi) is 4.12. The second kappa shape index (κ2) is 6.10. The lowest BCUT2D eigenvalue weighted by Crippen LogP contribution is -2.40. The molecular formula is C15H14F3N5O. The Morgan fingerprint density at radius 3 is 2.58 bits per heavy atom. The first-order valence-corrected chi connectivity index (χ1v) is 7.00. The number of hydrazine groups is 1. The topological polar surface area (TPSA) is 64.5 Å². The number of rotatable bonds is 3. The van der Waals surface area contributed by atoms with Crippen molar-refractivity contribution >= 4 is 11.4 Å². The van der Waals surface area contributed by atoms with Crippen molar-refractivity contribution in [3.05, 3.63) is 60.2 Å². The van der Waals surface area contributed by atoms with Gasteiger partial charge in [0.15, 0.2) is 0 Å². The molecule has 0 radical (unpaired) electrons. The van der Waals surface area contributed by atoms with Crippen LogP contribution in [-0.2, 0) is 6.18 Å². The highest BCUT2D eigenvalue weighted by atomic mass is 19.4. The molecule has 0 aromatic carbocycles. The number of aromatic nitrogens is 2. The van der Waals surface area contributed by atoms with E-state index in [-0.39, 0.29) is 0 Å². The van der Waals surface area contributed by atoms with Crippen molar-refractivity contribution in [2.45, 2.75) is 12.3 Å². The van der Waals surface area contributed by atoms with Gasteiger partial charge in [0.05, 0.1) is 22.6 Å². The Morgan fingerprint density at radius 2 is 2.00 bits per heavy atom. The summed E-state index contributed by atoms with van der Waals surface area (Å²) in [7, 11) is 1.58. The molecule has 0 fully saturated rings. The first-order valence-electron chi connectivity index (χ1n) is 7.00. The first kappa shape index (κ1) is 16.2. The number of alkyl halides is 3. The zero-order chi connectivity index (χ0) is 17.3. The van der Waals surface area contributed by atoms with Crippen LogP contribution in [0.4, 0.5) is 18.9 Å². The van der Waals surface area contributed by atoms with Gasteiger partial charge in [-0.2, -0.15) is 13.2 Å². The third kappa shape index (κ3) is 3.17. The van der Waals surface area contributed by atoms with Gasteiger partial charge in [-0.25, -0.2) is 0 Å². The van der Waals surface area contributed by atoms with Crippen molar-refractivity contribution in [3.8, 4) is 0 Å². The van der Waals surface area contributed by atoms with Gasteiger partial charge in [-0.1, -0.05) is 5.17 Å². The Balaban J connectivity index is 1.83. The number of halogens is 3. The minimum atomic E-state index is -4.44. The summed E-state index contributed by atoms with van der Waals surface area (Å²) in [6.45, 7) is 0. The van der Waals surface area contributed by atoms with E-state index >= 15 is 0 Å². The first-order chi connectivity index (χ1) is 11.4. The standard InChI is InChI=1S/C15H14F3N5O/c1-22-13(12-5-4-10(8-20-12)15(16,17)18)7-14(23(22)24)21-11-3-2-6-19-9-11/h2-9,14,21,24H,1H3. The highest BCUT2D eigenvalue weighted by Gasteiger charge is 2.33. The van der Waals surface area contributed by atoms with Crippen LogP contribution in [0.5, 0.6) is 0 Å². The normalized spacial score (nSPS) is 18.6. The monoisotopic (exact) mass is 337 g/mol. The van der Waals surface area contributed by atoms with Crippen LogP contribution < -0.4 is 5.32 Å². The van der Waals surface area contributed by atoms with Crippen LogP contribution >= 0.6 is 0 Å². The van der Waals surface area contributed by atoms with Crippen LogP contribution in [0.2, 0.25) is 0 Å². The average Bonchev–Trinajstić information content (AvgIpc) is 2.84. The van der Waals surface area contributed by atoms with Gasteiger partial charge in [0.2, 0.25) is 0 Å². The highest BCUT2D eigenvalue weighted by Crippen LogP contribution is 2.31. The molecule has 0 saturated carbocycles. The van der Waals surface area contributed by atoms with Crippen LogP contribution in [0.1, 0.15) is 11.3 Å². The van der Waals surface area contributed by atoms with Crippen molar-refractivity contribution < 1.29 is 18.4 Å². The predicted molar refractivity (Wildman–Crippen MR) is 80.3 cm³/mol. The number of anilines is 1. The summed E-state index contributed by atoms with van der Waals surface area (Å²) < 4.78 is 37.8. The number of hydrogen-bond acceptors (Lipinski definition) is 6. The summed E-state index contributed by atoms with van der Waals surface area (Å²) in [5, 5.41) is 15.5. The van der Waals surface area contributed by atoms with E-state index in [4.69, 9.17) is 0 Å². The van der Waals surface area contributed by atoms with E-state index in [9.17, 15) is 18.4 Å². The molecule has 0 amide bonds. The largest absolute Gasteiger partial charge is 0.417 e. The molecule has 126 valence electrons. The lowest BCUT2D eigenvalue weighted by Gasteiger charge is -2.27. The quantitative estimate of drug-likeness (QED) is 0.898. The maximum absolute atomic E-state index is 12.6. The van der Waals surface area contributed by atoms with Gasteiger partial charge in [0.25, 0.3) is 0 Å². The van der Waals surface area contributed by atoms with Crippen molar-refractivity contribution in [2.24, 2.45) is 0 Å². The fourth-order valence-electron chi connectivity index (χ4n) is 2.30. The molecular weight excluding hydrogens is 323 g/mol. The van der Waals surface area contributed by atoms with Crippen LogP contribution in [0.3, 0.4) is 0 Å². The van der Waals surface area contributed by atoms with Gasteiger partial charge in [-0.15, -0.1) is 0 Å². The van der Waals surface area contributed by atoms with Crippen LogP contribution in [-0.4, -0.2) is 38.6 Å². The molecule has 1 atom stereocenters. The smallest absolute Gasteiger partial charge is 0.362 e. The van der Waals surface area contributed by atoms with Gasteiger partial charge in [0.1, 0.15) is 6.17 Å². The lowest BCUT2D eigenvalue weighted by atomic mass is 10.2. The molecule has 0 aliphatic carbocycles. The second-order valence-corrected chi connectivity index (χ2v) is 5.16. The van der Waals surface area contributed by atoms with Gasteiger partial charge in [0, 0.05) is 25.6 Å². The van der Waals surface area contributed by atoms with Crippen molar-refractivity contribution in [3.63, 3.8) is 0 Å². The molecule has 1 aliphatic rings. The Morgan fingerprint density at radius 1 is 1.21 bits per heavy atom. The van der Waals surface area contributed by atoms with Crippen LogP contribution in [0.25, 0.3) is 5.70 Å². The van der Waals surface area contributed by atoms with Gasteiger partial charge < -0.3 is 5.32 Å². The maximum atomic E-state index is 12.6. The zero-order valence-corrected chi connectivity index (χ0v) is 12.6. The predicted octanol–water partition coefficient (Wildman–Crippen LogP) is 2.83. The van der Waals surface area contributed by atoms with Crippen molar-refractivity contribution in [2.75, 3.05) is 12.4 Å². The summed E-state index contributed by atoms with van der Waals surface area (Å²) in [5.41, 5.74) is 0.666. The third-order valence-corrected chi connectivity index (χ3v) is 3.55. The number of hydroxylamine groups is 1. The Bertz CT molecular complexity index is 733. The third-order valence-electron chi connectivity index (χ3n) is 3.55. The minimum Gasteiger partial charge on any atom is -0.362 e. The Labute approximate surface area is 135 Å². The summed E-state index contributed by atoms with van der Waals surface area (Å²) in [5.74, 6) is 0. The summed E-state index contributed by atoms with van der Waals surface area (Å²) in [6, 6.07) is 5.75.